The minimum atomic E-state index is -1.52. The molecule has 6 heteroatoms. The summed E-state index contributed by atoms with van der Waals surface area (Å²) in [5, 5.41) is 0. The fourth-order valence-corrected chi connectivity index (χ4v) is 10.1. The van der Waals surface area contributed by atoms with E-state index in [1.54, 1.807) is 25.6 Å². The first-order valence-electron chi connectivity index (χ1n) is 19.8. The molecule has 0 saturated heterocycles. The molecule has 0 spiro atoms. The number of thiol groups is 1. The maximum Gasteiger partial charge on any atom is 0.324 e. The second kappa shape index (κ2) is 17.0. The van der Waals surface area contributed by atoms with Gasteiger partial charge in [-0.1, -0.05) is 157 Å². The Morgan fingerprint density at radius 1 is 0.724 bits per heavy atom. The van der Waals surface area contributed by atoms with Crippen LogP contribution in [0.15, 0.2) is 208 Å². The number of thioether (sulfide) groups is 1. The Hall–Kier alpha value is -5.69. The van der Waals surface area contributed by atoms with Gasteiger partial charge in [-0.3, -0.25) is 9.59 Å². The maximum absolute atomic E-state index is 13.9. The standard InChI is InChI=1S/C52H46O4S2/c1-4-55-49(53)52(50(54)56-5-2)33-38(25-23-36-29-45(40-16-9-6-10-17-40)57-46(30-36)41-18-11-7-12-19-41)28-39(34-52)26-24-37-31-47(42-20-13-8-14-21-42)58-48(32-37)43-22-15-27-51(3)35-44(43)51/h6-32,35,58H,4-5,33-34H2,1-3H3/b26-24+,38-25-/t51-/m1/s1. The third kappa shape index (κ3) is 8.45. The third-order valence-corrected chi connectivity index (χ3v) is 13.1. The Labute approximate surface area is 349 Å². The predicted molar refractivity (Wildman–Crippen MR) is 244 cm³/mol. The summed E-state index contributed by atoms with van der Waals surface area (Å²) in [7, 11) is 0. The Morgan fingerprint density at radius 3 is 1.93 bits per heavy atom. The molecule has 1 atom stereocenters. The molecule has 0 amide bonds. The lowest BCUT2D eigenvalue weighted by molar-refractivity contribution is -0.172. The van der Waals surface area contributed by atoms with Crippen LogP contribution in [0.25, 0.3) is 9.81 Å². The first-order valence-corrected chi connectivity index (χ1v) is 21.6. The van der Waals surface area contributed by atoms with E-state index in [-0.39, 0.29) is 31.5 Å². The zero-order valence-corrected chi connectivity index (χ0v) is 34.7. The van der Waals surface area contributed by atoms with Crippen molar-refractivity contribution < 1.29 is 19.1 Å². The van der Waals surface area contributed by atoms with Gasteiger partial charge in [-0.05, 0) is 108 Å². The van der Waals surface area contributed by atoms with Gasteiger partial charge in [0.2, 0.25) is 0 Å². The van der Waals surface area contributed by atoms with Gasteiger partial charge >= 0.3 is 11.9 Å². The molecule has 0 unspecified atom stereocenters. The van der Waals surface area contributed by atoms with Crippen LogP contribution in [0.1, 0.15) is 50.3 Å². The molecular weight excluding hydrogens is 753 g/mol. The van der Waals surface area contributed by atoms with Crippen LogP contribution in [0.3, 0.4) is 0 Å². The summed E-state index contributed by atoms with van der Waals surface area (Å²) in [6, 6.07) is 31.3. The smallest absolute Gasteiger partial charge is 0.324 e. The van der Waals surface area contributed by atoms with Crippen molar-refractivity contribution in [2.45, 2.75) is 33.6 Å². The van der Waals surface area contributed by atoms with E-state index in [0.717, 1.165) is 54.6 Å². The summed E-state index contributed by atoms with van der Waals surface area (Å²) >= 11 is 2.89. The van der Waals surface area contributed by atoms with Crippen molar-refractivity contribution in [3.05, 3.63) is 225 Å². The molecule has 3 aliphatic carbocycles. The first kappa shape index (κ1) is 39.2. The van der Waals surface area contributed by atoms with Crippen LogP contribution in [0.4, 0.5) is 0 Å². The average Bonchev–Trinajstić information content (AvgIpc) is 3.97. The zero-order valence-electron chi connectivity index (χ0n) is 33.0. The molecule has 0 saturated carbocycles. The lowest BCUT2D eigenvalue weighted by Gasteiger charge is -2.33. The lowest BCUT2D eigenvalue weighted by atomic mass is 9.71. The van der Waals surface area contributed by atoms with Gasteiger partial charge in [0, 0.05) is 25.0 Å². The van der Waals surface area contributed by atoms with Gasteiger partial charge in [0.15, 0.2) is 5.41 Å². The molecule has 0 radical (unpaired) electrons. The van der Waals surface area contributed by atoms with Gasteiger partial charge in [-0.25, -0.2) is 0 Å². The number of esters is 2. The van der Waals surface area contributed by atoms with E-state index in [0.29, 0.717) is 0 Å². The number of allylic oxidation sites excluding steroid dienone is 19. The molecule has 5 aliphatic rings. The van der Waals surface area contributed by atoms with Crippen molar-refractivity contribution >= 4 is 49.7 Å². The first-order chi connectivity index (χ1) is 28.3. The highest BCUT2D eigenvalue weighted by Crippen LogP contribution is 2.54. The number of hydrogen-bond donors (Lipinski definition) is 1. The Bertz CT molecular complexity index is 2440. The highest BCUT2D eigenvalue weighted by atomic mass is 32.2. The van der Waals surface area contributed by atoms with E-state index in [4.69, 9.17) is 9.47 Å². The summed E-state index contributed by atoms with van der Waals surface area (Å²) in [4.78, 5) is 32.6. The zero-order chi connectivity index (χ0) is 40.1. The summed E-state index contributed by atoms with van der Waals surface area (Å²) in [6.45, 7) is 6.11. The summed E-state index contributed by atoms with van der Waals surface area (Å²) in [6.07, 6.45) is 28.6. The van der Waals surface area contributed by atoms with E-state index >= 15 is 0 Å². The second-order valence-electron chi connectivity index (χ2n) is 15.0. The maximum atomic E-state index is 13.9. The number of rotatable bonds is 11. The molecule has 3 aromatic rings. The summed E-state index contributed by atoms with van der Waals surface area (Å²) in [5.74, 6) is -1.12. The van der Waals surface area contributed by atoms with Crippen LogP contribution >= 0.6 is 23.1 Å². The van der Waals surface area contributed by atoms with E-state index in [9.17, 15) is 9.59 Å². The van der Waals surface area contributed by atoms with Crippen molar-refractivity contribution in [3.8, 4) is 0 Å². The largest absolute Gasteiger partial charge is 0.465 e. The molecule has 2 aliphatic heterocycles. The van der Waals surface area contributed by atoms with Crippen molar-refractivity contribution in [1.82, 2.24) is 0 Å². The average molecular weight is 799 g/mol. The monoisotopic (exact) mass is 798 g/mol. The van der Waals surface area contributed by atoms with Gasteiger partial charge in [-0.15, -0.1) is 0 Å². The van der Waals surface area contributed by atoms with Crippen LogP contribution in [-0.4, -0.2) is 30.0 Å². The topological polar surface area (TPSA) is 52.6 Å². The fraction of sp³-hybridized carbons (Fsp3) is 0.173. The normalized spacial score (nSPS) is 21.4. The highest BCUT2D eigenvalue weighted by molar-refractivity contribution is 8.16. The molecule has 8 rings (SSSR count). The Kier molecular flexibility index (Phi) is 11.5. The van der Waals surface area contributed by atoms with Crippen molar-refractivity contribution in [3.63, 3.8) is 0 Å². The fourth-order valence-electron chi connectivity index (χ4n) is 7.71. The van der Waals surface area contributed by atoms with E-state index < -0.39 is 17.4 Å². The third-order valence-electron chi connectivity index (χ3n) is 10.8. The van der Waals surface area contributed by atoms with Crippen molar-refractivity contribution in [2.24, 2.45) is 10.8 Å². The minimum Gasteiger partial charge on any atom is -0.465 e. The molecule has 0 N–H and O–H groups in total. The molecule has 290 valence electrons. The van der Waals surface area contributed by atoms with Gasteiger partial charge in [-0.2, -0.15) is 11.4 Å². The van der Waals surface area contributed by atoms with E-state index in [1.165, 1.54) is 26.5 Å². The molecule has 2 heterocycles. The van der Waals surface area contributed by atoms with Crippen LogP contribution < -0.4 is 0 Å². The number of fused-ring (bicyclic) bond motifs is 1. The summed E-state index contributed by atoms with van der Waals surface area (Å²) in [5.41, 5.74) is 8.34. The number of hydrogen-bond acceptors (Lipinski definition) is 5. The molecule has 3 aromatic carbocycles. The van der Waals surface area contributed by atoms with Crippen molar-refractivity contribution in [1.29, 1.82) is 0 Å². The number of carbonyl (C=O) groups is 2. The molecule has 0 aromatic heterocycles. The Morgan fingerprint density at radius 2 is 1.33 bits per heavy atom. The molecule has 0 fully saturated rings. The van der Waals surface area contributed by atoms with Crippen molar-refractivity contribution in [2.75, 3.05) is 13.2 Å². The second-order valence-corrected chi connectivity index (χ2v) is 17.3. The molecular formula is C52H46O4S2. The van der Waals surface area contributed by atoms with Gasteiger partial charge in [0.05, 0.1) is 13.2 Å². The van der Waals surface area contributed by atoms with Crippen LogP contribution in [0, 0.1) is 10.8 Å². The van der Waals surface area contributed by atoms with Gasteiger partial charge < -0.3 is 9.47 Å². The van der Waals surface area contributed by atoms with Crippen LogP contribution in [0.2, 0.25) is 0 Å². The highest BCUT2D eigenvalue weighted by Gasteiger charge is 2.51. The number of carbonyl (C=O) groups excluding carboxylic acids is 2. The van der Waals surface area contributed by atoms with Gasteiger partial charge in [0.25, 0.3) is 0 Å². The molecule has 4 nitrogen and oxygen atoms in total. The summed E-state index contributed by atoms with van der Waals surface area (Å²) < 4.78 is 11.3. The van der Waals surface area contributed by atoms with Crippen LogP contribution in [0.5, 0.6) is 0 Å². The predicted octanol–water partition coefficient (Wildman–Crippen LogP) is 12.0. The molecule has 0 bridgehead atoms. The number of benzene rings is 3. The van der Waals surface area contributed by atoms with E-state index in [2.05, 4.69) is 147 Å². The van der Waals surface area contributed by atoms with Crippen LogP contribution in [-0.2, 0) is 19.1 Å². The van der Waals surface area contributed by atoms with E-state index in [1.807, 2.05) is 30.4 Å². The Balaban J connectivity index is 1.20. The quantitative estimate of drug-likeness (QED) is 0.0906. The lowest BCUT2D eigenvalue weighted by Crippen LogP contribution is -2.44. The van der Waals surface area contributed by atoms with Gasteiger partial charge in [0.1, 0.15) is 0 Å². The molecule has 58 heavy (non-hydrogen) atoms. The SMILES string of the molecule is CCOC(=O)C1(C(=O)OCC)CC(/C=C/C2=CC(c3ccccc3)=[SH]C(C3=CC=C[C@]4(C)C=C34)=C2)=CC(=C/C=C2C=C(c3ccccc3)SC(c3ccccc3)=C2)/C1. The number of ether oxygens (including phenoxy) is 2. The minimum absolute atomic E-state index is 0.0350.